The monoisotopic (exact) mass is 532 g/mol. The summed E-state index contributed by atoms with van der Waals surface area (Å²) in [6.07, 6.45) is 0.511. The van der Waals surface area contributed by atoms with Gasteiger partial charge >= 0.3 is 0 Å². The van der Waals surface area contributed by atoms with Crippen molar-refractivity contribution >= 4 is 33.2 Å². The number of rotatable bonds is 11. The number of hydrogen-bond acceptors (Lipinski definition) is 6. The Morgan fingerprint density at radius 1 is 0.889 bits per heavy atom. The maximum Gasteiger partial charge on any atom is 0.264 e. The van der Waals surface area contributed by atoms with Gasteiger partial charge in [-0.1, -0.05) is 35.4 Å². The molecule has 0 saturated heterocycles. The van der Waals surface area contributed by atoms with Gasteiger partial charge in [-0.05, 0) is 61.4 Å². The number of sulfonamides is 1. The summed E-state index contributed by atoms with van der Waals surface area (Å²) in [5, 5.41) is 3.10. The summed E-state index contributed by atoms with van der Waals surface area (Å²) < 4.78 is 44.2. The number of aryl methyl sites for hydroxylation is 1. The highest BCUT2D eigenvalue weighted by Crippen LogP contribution is 2.35. The van der Waals surface area contributed by atoms with Gasteiger partial charge in [-0.25, -0.2) is 8.42 Å². The Balaban J connectivity index is 1.82. The first-order valence-electron chi connectivity index (χ1n) is 11.1. The van der Waals surface area contributed by atoms with Crippen LogP contribution in [0.25, 0.3) is 0 Å². The first kappa shape index (κ1) is 27.2. The minimum absolute atomic E-state index is 0.0493. The Labute approximate surface area is 216 Å². The molecule has 0 atom stereocenters. The molecule has 192 valence electrons. The fourth-order valence-electron chi connectivity index (χ4n) is 3.56. The second-order valence-electron chi connectivity index (χ2n) is 7.93. The molecule has 10 heteroatoms. The largest absolute Gasteiger partial charge is 0.495 e. The first-order valence-corrected chi connectivity index (χ1v) is 12.9. The van der Waals surface area contributed by atoms with E-state index in [1.165, 1.54) is 25.3 Å². The molecule has 0 aromatic heterocycles. The van der Waals surface area contributed by atoms with Crippen molar-refractivity contribution in [2.24, 2.45) is 0 Å². The summed E-state index contributed by atoms with van der Waals surface area (Å²) in [7, 11) is 0.428. The minimum Gasteiger partial charge on any atom is -0.495 e. The van der Waals surface area contributed by atoms with Crippen LogP contribution in [-0.4, -0.2) is 48.7 Å². The van der Waals surface area contributed by atoms with E-state index in [1.54, 1.807) is 44.6 Å². The Morgan fingerprint density at radius 2 is 1.53 bits per heavy atom. The zero-order chi connectivity index (χ0) is 26.3. The number of benzene rings is 3. The van der Waals surface area contributed by atoms with Crippen molar-refractivity contribution in [1.82, 2.24) is 5.32 Å². The van der Waals surface area contributed by atoms with E-state index in [9.17, 15) is 13.2 Å². The van der Waals surface area contributed by atoms with Crippen LogP contribution in [0.1, 0.15) is 11.1 Å². The lowest BCUT2D eigenvalue weighted by molar-refractivity contribution is -0.119. The van der Waals surface area contributed by atoms with E-state index in [1.807, 2.05) is 19.1 Å². The molecule has 8 nitrogen and oxygen atoms in total. The number of nitrogens with one attached hydrogen (secondary N) is 1. The highest BCUT2D eigenvalue weighted by atomic mass is 35.5. The van der Waals surface area contributed by atoms with Crippen molar-refractivity contribution < 1.29 is 27.4 Å². The van der Waals surface area contributed by atoms with Crippen molar-refractivity contribution in [2.45, 2.75) is 18.2 Å². The van der Waals surface area contributed by atoms with Gasteiger partial charge in [-0.2, -0.15) is 0 Å². The zero-order valence-corrected chi connectivity index (χ0v) is 22.2. The van der Waals surface area contributed by atoms with Crippen LogP contribution in [0.15, 0.2) is 65.6 Å². The van der Waals surface area contributed by atoms with E-state index in [0.717, 1.165) is 15.4 Å². The molecule has 0 saturated carbocycles. The van der Waals surface area contributed by atoms with Crippen LogP contribution in [-0.2, 0) is 21.2 Å². The summed E-state index contributed by atoms with van der Waals surface area (Å²) in [5.74, 6) is 0.990. The first-order chi connectivity index (χ1) is 17.2. The number of nitrogens with zero attached hydrogens (tertiary/aromatic N) is 1. The van der Waals surface area contributed by atoms with Crippen molar-refractivity contribution in [2.75, 3.05) is 38.7 Å². The third kappa shape index (κ3) is 6.41. The minimum atomic E-state index is -4.11. The van der Waals surface area contributed by atoms with E-state index in [2.05, 4.69) is 5.32 Å². The Kier molecular flexibility index (Phi) is 9.06. The van der Waals surface area contributed by atoms with Gasteiger partial charge in [-0.3, -0.25) is 9.10 Å². The van der Waals surface area contributed by atoms with Crippen LogP contribution in [0.4, 0.5) is 5.69 Å². The molecule has 1 N–H and O–H groups in total. The summed E-state index contributed by atoms with van der Waals surface area (Å²) in [6, 6.07) is 16.5. The Bertz CT molecular complexity index is 1310. The highest BCUT2D eigenvalue weighted by Gasteiger charge is 2.29. The zero-order valence-electron chi connectivity index (χ0n) is 20.6. The molecule has 1 amide bonds. The quantitative estimate of drug-likeness (QED) is 0.397. The van der Waals surface area contributed by atoms with Crippen LogP contribution < -0.4 is 23.8 Å². The molecule has 0 bridgehead atoms. The Hall–Kier alpha value is -3.43. The average molecular weight is 533 g/mol. The topological polar surface area (TPSA) is 94.2 Å². The molecule has 0 aliphatic carbocycles. The summed E-state index contributed by atoms with van der Waals surface area (Å²) >= 11 is 6.17. The standard InChI is InChI=1S/C26H29ClN2O6S/c1-18-5-9-21(10-6-18)36(31,32)29(22-16-20(27)8-12-23(22)33-2)17-26(30)28-14-13-19-7-11-24(34-3)25(15-19)35-4/h5-12,15-16H,13-14,17H2,1-4H3,(H,28,30). The number of ether oxygens (including phenoxy) is 3. The maximum atomic E-state index is 13.6. The van der Waals surface area contributed by atoms with Crippen LogP contribution in [0.5, 0.6) is 17.2 Å². The number of anilines is 1. The van der Waals surface area contributed by atoms with Gasteiger partial charge in [0.1, 0.15) is 12.3 Å². The molecule has 0 aliphatic heterocycles. The van der Waals surface area contributed by atoms with Crippen LogP contribution in [0, 0.1) is 6.92 Å². The molecule has 0 spiro atoms. The predicted octanol–water partition coefficient (Wildman–Crippen LogP) is 4.23. The van der Waals surface area contributed by atoms with Gasteiger partial charge in [-0.15, -0.1) is 0 Å². The van der Waals surface area contributed by atoms with E-state index in [0.29, 0.717) is 29.5 Å². The third-order valence-corrected chi connectivity index (χ3v) is 7.50. The normalized spacial score (nSPS) is 11.0. The average Bonchev–Trinajstić information content (AvgIpc) is 2.87. The molecule has 3 aromatic rings. The van der Waals surface area contributed by atoms with Gasteiger partial charge in [0.2, 0.25) is 5.91 Å². The van der Waals surface area contributed by atoms with Gasteiger partial charge < -0.3 is 19.5 Å². The summed E-state index contributed by atoms with van der Waals surface area (Å²) in [4.78, 5) is 13.0. The fourth-order valence-corrected chi connectivity index (χ4v) is 5.15. The molecule has 3 rings (SSSR count). The van der Waals surface area contributed by atoms with Gasteiger partial charge in [0, 0.05) is 11.6 Å². The SMILES string of the molecule is COc1ccc(CCNC(=O)CN(c2cc(Cl)ccc2OC)S(=O)(=O)c2ccc(C)cc2)cc1OC. The number of methoxy groups -OCH3 is 3. The molecule has 0 radical (unpaired) electrons. The maximum absolute atomic E-state index is 13.6. The molecule has 0 fully saturated rings. The van der Waals surface area contributed by atoms with Crippen LogP contribution in [0.3, 0.4) is 0 Å². The van der Waals surface area contributed by atoms with E-state index >= 15 is 0 Å². The van der Waals surface area contributed by atoms with Crippen molar-refractivity contribution in [3.05, 3.63) is 76.8 Å². The number of halogens is 1. The van der Waals surface area contributed by atoms with Crippen LogP contribution >= 0.6 is 11.6 Å². The van der Waals surface area contributed by atoms with E-state index in [-0.39, 0.29) is 16.3 Å². The second-order valence-corrected chi connectivity index (χ2v) is 10.2. The molecular formula is C26H29ClN2O6S. The lowest BCUT2D eigenvalue weighted by atomic mass is 10.1. The predicted molar refractivity (Wildman–Crippen MR) is 140 cm³/mol. The van der Waals surface area contributed by atoms with Crippen molar-refractivity contribution in [3.8, 4) is 17.2 Å². The lowest BCUT2D eigenvalue weighted by Crippen LogP contribution is -2.41. The number of carbonyl (C=O) groups excluding carboxylic acids is 1. The fraction of sp³-hybridized carbons (Fsp3) is 0.269. The number of amides is 1. The second kappa shape index (κ2) is 12.0. The van der Waals surface area contributed by atoms with E-state index < -0.39 is 22.5 Å². The lowest BCUT2D eigenvalue weighted by Gasteiger charge is -2.26. The molecule has 3 aromatic carbocycles. The number of hydrogen-bond donors (Lipinski definition) is 1. The molecule has 0 unspecified atom stereocenters. The van der Waals surface area contributed by atoms with Crippen molar-refractivity contribution in [1.29, 1.82) is 0 Å². The number of carbonyl (C=O) groups is 1. The van der Waals surface area contributed by atoms with Crippen molar-refractivity contribution in [3.63, 3.8) is 0 Å². The molecular weight excluding hydrogens is 504 g/mol. The third-order valence-electron chi connectivity index (χ3n) is 5.49. The summed E-state index contributed by atoms with van der Waals surface area (Å²) in [6.45, 7) is 1.69. The smallest absolute Gasteiger partial charge is 0.264 e. The van der Waals surface area contributed by atoms with Gasteiger partial charge in [0.25, 0.3) is 10.0 Å². The summed E-state index contributed by atoms with van der Waals surface area (Å²) in [5.41, 5.74) is 2.00. The Morgan fingerprint density at radius 3 is 2.17 bits per heavy atom. The van der Waals surface area contributed by atoms with Gasteiger partial charge in [0.15, 0.2) is 11.5 Å². The molecule has 0 heterocycles. The van der Waals surface area contributed by atoms with E-state index in [4.69, 9.17) is 25.8 Å². The molecule has 0 aliphatic rings. The van der Waals surface area contributed by atoms with Crippen LogP contribution in [0.2, 0.25) is 5.02 Å². The molecule has 36 heavy (non-hydrogen) atoms. The van der Waals surface area contributed by atoms with Gasteiger partial charge in [0.05, 0.1) is 31.9 Å². The highest BCUT2D eigenvalue weighted by molar-refractivity contribution is 7.92.